The standard InChI is InChI=1S/C13H14N4O3S/c18-11(9-5-21-6-14-9)15-8-3-1-2-7(4-8)10-12(19)17-13(20)16-10/h1-4,9-10,14H,5-6H2,(H,15,18)(H2,16,17,19,20). The van der Waals surface area contributed by atoms with E-state index in [4.69, 9.17) is 0 Å². The van der Waals surface area contributed by atoms with Crippen molar-refractivity contribution < 1.29 is 14.4 Å². The lowest BCUT2D eigenvalue weighted by molar-refractivity contribution is -0.120. The van der Waals surface area contributed by atoms with Gasteiger partial charge in [-0.15, -0.1) is 11.8 Å². The number of anilines is 1. The third-order valence-electron chi connectivity index (χ3n) is 3.29. The number of thioether (sulfide) groups is 1. The van der Waals surface area contributed by atoms with Gasteiger partial charge in [-0.25, -0.2) is 4.79 Å². The van der Waals surface area contributed by atoms with Gasteiger partial charge in [-0.05, 0) is 17.7 Å². The van der Waals surface area contributed by atoms with Gasteiger partial charge >= 0.3 is 6.03 Å². The summed E-state index contributed by atoms with van der Waals surface area (Å²) in [5.74, 6) is 1.02. The van der Waals surface area contributed by atoms with Crippen LogP contribution in [-0.4, -0.2) is 35.5 Å². The second kappa shape index (κ2) is 5.74. The molecule has 3 rings (SSSR count). The van der Waals surface area contributed by atoms with Crippen molar-refractivity contribution in [2.75, 3.05) is 16.9 Å². The first-order valence-electron chi connectivity index (χ1n) is 6.47. The van der Waals surface area contributed by atoms with Gasteiger partial charge in [0.25, 0.3) is 5.91 Å². The number of carbonyl (C=O) groups excluding carboxylic acids is 3. The number of carbonyl (C=O) groups is 3. The molecule has 4 N–H and O–H groups in total. The molecular formula is C13H14N4O3S. The highest BCUT2D eigenvalue weighted by molar-refractivity contribution is 7.99. The summed E-state index contributed by atoms with van der Waals surface area (Å²) in [6.07, 6.45) is 0. The van der Waals surface area contributed by atoms with E-state index in [-0.39, 0.29) is 11.9 Å². The van der Waals surface area contributed by atoms with Crippen LogP contribution in [0.3, 0.4) is 0 Å². The topological polar surface area (TPSA) is 99.3 Å². The third kappa shape index (κ3) is 3.01. The van der Waals surface area contributed by atoms with Crippen LogP contribution in [0.15, 0.2) is 24.3 Å². The molecule has 2 aliphatic rings. The Morgan fingerprint density at radius 1 is 1.33 bits per heavy atom. The SMILES string of the molecule is O=C1NC(=O)C(c2cccc(NC(=O)C3CSCN3)c2)N1. The predicted octanol–water partition coefficient (Wildman–Crippen LogP) is 0.168. The summed E-state index contributed by atoms with van der Waals surface area (Å²) in [6, 6.07) is 5.48. The van der Waals surface area contributed by atoms with Crippen molar-refractivity contribution in [1.82, 2.24) is 16.0 Å². The molecule has 2 atom stereocenters. The first-order valence-corrected chi connectivity index (χ1v) is 7.62. The number of hydrogen-bond acceptors (Lipinski definition) is 5. The van der Waals surface area contributed by atoms with Crippen LogP contribution < -0.4 is 21.3 Å². The monoisotopic (exact) mass is 306 g/mol. The maximum absolute atomic E-state index is 12.0. The van der Waals surface area contributed by atoms with E-state index in [9.17, 15) is 14.4 Å². The average Bonchev–Trinajstić information content (AvgIpc) is 3.08. The second-order valence-electron chi connectivity index (χ2n) is 4.78. The van der Waals surface area contributed by atoms with Gasteiger partial charge in [-0.1, -0.05) is 12.1 Å². The van der Waals surface area contributed by atoms with E-state index in [2.05, 4.69) is 21.3 Å². The smallest absolute Gasteiger partial charge is 0.322 e. The van der Waals surface area contributed by atoms with Gasteiger partial charge in [0.2, 0.25) is 5.91 Å². The zero-order valence-corrected chi connectivity index (χ0v) is 11.8. The van der Waals surface area contributed by atoms with Crippen molar-refractivity contribution >= 4 is 35.3 Å². The quantitative estimate of drug-likeness (QED) is 0.597. The first kappa shape index (κ1) is 13.9. The minimum Gasteiger partial charge on any atom is -0.325 e. The Bertz CT molecular complexity index is 601. The van der Waals surface area contributed by atoms with Crippen LogP contribution in [0.2, 0.25) is 0 Å². The van der Waals surface area contributed by atoms with Crippen LogP contribution in [0.5, 0.6) is 0 Å². The largest absolute Gasteiger partial charge is 0.325 e. The third-order valence-corrected chi connectivity index (χ3v) is 4.23. The summed E-state index contributed by atoms with van der Waals surface area (Å²) < 4.78 is 0. The van der Waals surface area contributed by atoms with E-state index in [0.717, 1.165) is 11.6 Å². The van der Waals surface area contributed by atoms with Crippen LogP contribution in [0, 0.1) is 0 Å². The molecule has 2 unspecified atom stereocenters. The van der Waals surface area contributed by atoms with Crippen LogP contribution in [0.25, 0.3) is 0 Å². The number of rotatable bonds is 3. The number of urea groups is 1. The summed E-state index contributed by atoms with van der Waals surface area (Å²) in [5, 5.41) is 10.6. The molecule has 0 aromatic heterocycles. The number of hydrogen-bond donors (Lipinski definition) is 4. The van der Waals surface area contributed by atoms with Crippen molar-refractivity contribution in [3.8, 4) is 0 Å². The molecule has 110 valence electrons. The number of imide groups is 1. The summed E-state index contributed by atoms with van der Waals surface area (Å²) >= 11 is 1.67. The molecule has 1 aromatic carbocycles. The van der Waals surface area contributed by atoms with E-state index >= 15 is 0 Å². The molecule has 0 aliphatic carbocycles. The van der Waals surface area contributed by atoms with Crippen LogP contribution in [0.1, 0.15) is 11.6 Å². The molecule has 2 saturated heterocycles. The zero-order chi connectivity index (χ0) is 14.8. The molecule has 0 radical (unpaired) electrons. The lowest BCUT2D eigenvalue weighted by Gasteiger charge is -2.13. The fourth-order valence-electron chi connectivity index (χ4n) is 2.24. The predicted molar refractivity (Wildman–Crippen MR) is 78.7 cm³/mol. The van der Waals surface area contributed by atoms with E-state index in [1.807, 2.05) is 0 Å². The number of nitrogens with one attached hydrogen (secondary N) is 4. The fourth-order valence-corrected chi connectivity index (χ4v) is 3.18. The van der Waals surface area contributed by atoms with Gasteiger partial charge in [0, 0.05) is 17.3 Å². The highest BCUT2D eigenvalue weighted by Gasteiger charge is 2.31. The molecule has 7 nitrogen and oxygen atoms in total. The van der Waals surface area contributed by atoms with Gasteiger partial charge in [-0.2, -0.15) is 0 Å². The molecule has 2 aliphatic heterocycles. The van der Waals surface area contributed by atoms with Crippen molar-refractivity contribution in [2.45, 2.75) is 12.1 Å². The van der Waals surface area contributed by atoms with Crippen molar-refractivity contribution in [1.29, 1.82) is 0 Å². The van der Waals surface area contributed by atoms with E-state index < -0.39 is 18.0 Å². The van der Waals surface area contributed by atoms with Crippen LogP contribution in [0.4, 0.5) is 10.5 Å². The van der Waals surface area contributed by atoms with Gasteiger partial charge in [0.05, 0.1) is 6.04 Å². The van der Waals surface area contributed by atoms with Gasteiger partial charge in [-0.3, -0.25) is 20.2 Å². The van der Waals surface area contributed by atoms with Crippen LogP contribution in [-0.2, 0) is 9.59 Å². The van der Waals surface area contributed by atoms with E-state index in [1.54, 1.807) is 36.0 Å². The van der Waals surface area contributed by atoms with Crippen LogP contribution >= 0.6 is 11.8 Å². The van der Waals surface area contributed by atoms with E-state index in [1.165, 1.54) is 0 Å². The Balaban J connectivity index is 1.72. The minimum absolute atomic E-state index is 0.0999. The Kier molecular flexibility index (Phi) is 3.80. The average molecular weight is 306 g/mol. The molecule has 2 fully saturated rings. The Labute approximate surface area is 125 Å². The van der Waals surface area contributed by atoms with Crippen molar-refractivity contribution in [3.05, 3.63) is 29.8 Å². The van der Waals surface area contributed by atoms with E-state index in [0.29, 0.717) is 11.3 Å². The summed E-state index contributed by atoms with van der Waals surface area (Å²) in [5.41, 5.74) is 1.23. The maximum atomic E-state index is 12.0. The highest BCUT2D eigenvalue weighted by atomic mass is 32.2. The molecule has 4 amide bonds. The van der Waals surface area contributed by atoms with Gasteiger partial charge in [0.1, 0.15) is 6.04 Å². The lowest BCUT2D eigenvalue weighted by Crippen LogP contribution is -2.37. The zero-order valence-electron chi connectivity index (χ0n) is 11.0. The minimum atomic E-state index is -0.713. The number of amides is 4. The van der Waals surface area contributed by atoms with Crippen molar-refractivity contribution in [3.63, 3.8) is 0 Å². The maximum Gasteiger partial charge on any atom is 0.322 e. The molecular weight excluding hydrogens is 292 g/mol. The molecule has 21 heavy (non-hydrogen) atoms. The highest BCUT2D eigenvalue weighted by Crippen LogP contribution is 2.21. The molecule has 1 aromatic rings. The Morgan fingerprint density at radius 2 is 2.19 bits per heavy atom. The summed E-state index contributed by atoms with van der Waals surface area (Å²) in [4.78, 5) is 34.8. The second-order valence-corrected chi connectivity index (χ2v) is 5.81. The first-order chi connectivity index (χ1) is 10.1. The number of benzene rings is 1. The lowest BCUT2D eigenvalue weighted by atomic mass is 10.1. The molecule has 0 saturated carbocycles. The molecule has 2 heterocycles. The molecule has 0 bridgehead atoms. The molecule has 8 heteroatoms. The Morgan fingerprint density at radius 3 is 2.86 bits per heavy atom. The van der Waals surface area contributed by atoms with Crippen molar-refractivity contribution in [2.24, 2.45) is 0 Å². The normalized spacial score (nSPS) is 24.6. The summed E-state index contributed by atoms with van der Waals surface area (Å²) in [6.45, 7) is 0. The summed E-state index contributed by atoms with van der Waals surface area (Å²) in [7, 11) is 0. The molecule has 0 spiro atoms. The Hall–Kier alpha value is -2.06. The van der Waals surface area contributed by atoms with Gasteiger partial charge < -0.3 is 10.6 Å². The fraction of sp³-hybridized carbons (Fsp3) is 0.308. The van der Waals surface area contributed by atoms with Gasteiger partial charge in [0.15, 0.2) is 0 Å².